The Morgan fingerprint density at radius 1 is 1.23 bits per heavy atom. The van der Waals surface area contributed by atoms with Gasteiger partial charge in [-0.1, -0.05) is 13.8 Å². The van der Waals surface area contributed by atoms with Gasteiger partial charge in [-0.2, -0.15) is 0 Å². The Labute approximate surface area is 87.9 Å². The van der Waals surface area contributed by atoms with Crippen molar-refractivity contribution in [3.63, 3.8) is 0 Å². The van der Waals surface area contributed by atoms with Crippen molar-refractivity contribution in [1.29, 1.82) is 0 Å². The van der Waals surface area contributed by atoms with E-state index in [0.717, 1.165) is 12.5 Å². The Bertz CT molecular complexity index is 181. The molecule has 3 aliphatic carbocycles. The first-order valence-corrected chi connectivity index (χ1v) is 5.28. The highest BCUT2D eigenvalue weighted by atomic mass is 35.5. The van der Waals surface area contributed by atoms with Crippen LogP contribution in [0.3, 0.4) is 0 Å². The Kier molecular flexibility index (Phi) is 2.99. The predicted molar refractivity (Wildman–Crippen MR) is 59.1 cm³/mol. The molecule has 0 radical (unpaired) electrons. The summed E-state index contributed by atoms with van der Waals surface area (Å²) in [5.41, 5.74) is 7.01. The third-order valence-electron chi connectivity index (χ3n) is 4.42. The lowest BCUT2D eigenvalue weighted by atomic mass is 9.51. The number of hydrogen-bond acceptors (Lipinski definition) is 1. The van der Waals surface area contributed by atoms with Gasteiger partial charge in [-0.25, -0.2) is 0 Å². The summed E-state index contributed by atoms with van der Waals surface area (Å²) in [6.07, 6.45) is 7.05. The van der Waals surface area contributed by atoms with Crippen molar-refractivity contribution in [2.24, 2.45) is 22.5 Å². The van der Waals surface area contributed by atoms with E-state index in [1.54, 1.807) is 0 Å². The summed E-state index contributed by atoms with van der Waals surface area (Å²) >= 11 is 0. The zero-order chi connectivity index (χ0) is 8.82. The summed E-state index contributed by atoms with van der Waals surface area (Å²) in [6.45, 7) is 5.78. The van der Waals surface area contributed by atoms with Crippen molar-refractivity contribution < 1.29 is 0 Å². The SMILES string of the molecule is CC1(C)CC2(CN)CCC1CC2.Cl. The molecule has 2 heteroatoms. The highest BCUT2D eigenvalue weighted by Crippen LogP contribution is 2.57. The molecule has 0 aromatic rings. The average molecular weight is 204 g/mol. The molecule has 3 saturated carbocycles. The van der Waals surface area contributed by atoms with Gasteiger partial charge in [-0.15, -0.1) is 12.4 Å². The lowest BCUT2D eigenvalue weighted by molar-refractivity contribution is -0.0342. The van der Waals surface area contributed by atoms with E-state index in [1.165, 1.54) is 32.1 Å². The molecule has 2 N–H and O–H groups in total. The fourth-order valence-electron chi connectivity index (χ4n) is 3.58. The normalized spacial score (nSPS) is 41.3. The van der Waals surface area contributed by atoms with Gasteiger partial charge in [-0.3, -0.25) is 0 Å². The minimum atomic E-state index is 0. The molecule has 0 atom stereocenters. The van der Waals surface area contributed by atoms with Gasteiger partial charge in [0.15, 0.2) is 0 Å². The van der Waals surface area contributed by atoms with E-state index >= 15 is 0 Å². The average Bonchev–Trinajstić information content (AvgIpc) is 2.04. The summed E-state index contributed by atoms with van der Waals surface area (Å²) in [5, 5.41) is 0. The maximum absolute atomic E-state index is 5.89. The largest absolute Gasteiger partial charge is 0.330 e. The Balaban J connectivity index is 0.000000845. The Hall–Kier alpha value is 0.250. The van der Waals surface area contributed by atoms with E-state index in [-0.39, 0.29) is 12.4 Å². The summed E-state index contributed by atoms with van der Waals surface area (Å²) in [6, 6.07) is 0. The maximum atomic E-state index is 5.89. The van der Waals surface area contributed by atoms with Crippen LogP contribution in [-0.4, -0.2) is 6.54 Å². The first-order chi connectivity index (χ1) is 5.58. The molecule has 3 fully saturated rings. The summed E-state index contributed by atoms with van der Waals surface area (Å²) < 4.78 is 0. The van der Waals surface area contributed by atoms with E-state index in [4.69, 9.17) is 5.73 Å². The molecular weight excluding hydrogens is 182 g/mol. The van der Waals surface area contributed by atoms with E-state index in [2.05, 4.69) is 13.8 Å². The van der Waals surface area contributed by atoms with Gasteiger partial charge < -0.3 is 5.73 Å². The lowest BCUT2D eigenvalue weighted by Crippen LogP contribution is -2.48. The first-order valence-electron chi connectivity index (χ1n) is 5.28. The molecule has 13 heavy (non-hydrogen) atoms. The molecule has 0 spiro atoms. The number of hydrogen-bond donors (Lipinski definition) is 1. The monoisotopic (exact) mass is 203 g/mol. The molecule has 3 aliphatic rings. The van der Waals surface area contributed by atoms with E-state index in [9.17, 15) is 0 Å². The molecule has 0 aromatic heterocycles. The van der Waals surface area contributed by atoms with E-state index in [0.29, 0.717) is 10.8 Å². The Morgan fingerprint density at radius 2 is 1.77 bits per heavy atom. The number of nitrogens with two attached hydrogens (primary N) is 1. The summed E-state index contributed by atoms with van der Waals surface area (Å²) in [4.78, 5) is 0. The predicted octanol–water partition coefficient (Wildman–Crippen LogP) is 2.97. The van der Waals surface area contributed by atoms with Gasteiger partial charge in [0.25, 0.3) is 0 Å². The van der Waals surface area contributed by atoms with Crippen molar-refractivity contribution in [3.8, 4) is 0 Å². The standard InChI is InChI=1S/C11H21N.ClH/c1-10(2)7-11(8-12)5-3-9(10)4-6-11;/h9H,3-8,12H2,1-2H3;1H. The number of rotatable bonds is 1. The van der Waals surface area contributed by atoms with Crippen LogP contribution in [-0.2, 0) is 0 Å². The van der Waals surface area contributed by atoms with Crippen molar-refractivity contribution in [3.05, 3.63) is 0 Å². The van der Waals surface area contributed by atoms with Crippen LogP contribution < -0.4 is 5.73 Å². The molecule has 3 rings (SSSR count). The van der Waals surface area contributed by atoms with Crippen molar-refractivity contribution in [2.45, 2.75) is 46.0 Å². The topological polar surface area (TPSA) is 26.0 Å². The molecule has 1 nitrogen and oxygen atoms in total. The molecule has 78 valence electrons. The van der Waals surface area contributed by atoms with Crippen LogP contribution in [0.25, 0.3) is 0 Å². The molecule has 0 amide bonds. The van der Waals surface area contributed by atoms with Crippen molar-refractivity contribution in [2.75, 3.05) is 6.54 Å². The fourth-order valence-corrected chi connectivity index (χ4v) is 3.58. The van der Waals surface area contributed by atoms with Gasteiger partial charge in [0, 0.05) is 0 Å². The van der Waals surface area contributed by atoms with Crippen LogP contribution in [0.2, 0.25) is 0 Å². The van der Waals surface area contributed by atoms with E-state index < -0.39 is 0 Å². The minimum absolute atomic E-state index is 0. The molecular formula is C11H22ClN. The second-order valence-electron chi connectivity index (χ2n) is 5.64. The number of halogens is 1. The third kappa shape index (κ3) is 1.73. The minimum Gasteiger partial charge on any atom is -0.330 e. The second-order valence-corrected chi connectivity index (χ2v) is 5.64. The van der Waals surface area contributed by atoms with E-state index in [1.807, 2.05) is 0 Å². The van der Waals surface area contributed by atoms with Gasteiger partial charge in [0.2, 0.25) is 0 Å². The molecule has 0 heterocycles. The first kappa shape index (κ1) is 11.3. The van der Waals surface area contributed by atoms with Crippen molar-refractivity contribution in [1.82, 2.24) is 0 Å². The van der Waals surface area contributed by atoms with Crippen LogP contribution in [0.1, 0.15) is 46.0 Å². The third-order valence-corrected chi connectivity index (χ3v) is 4.42. The molecule has 2 bridgehead atoms. The maximum Gasteiger partial charge on any atom is -0.00203 e. The summed E-state index contributed by atoms with van der Waals surface area (Å²) in [5.74, 6) is 0.992. The van der Waals surface area contributed by atoms with Gasteiger partial charge >= 0.3 is 0 Å². The van der Waals surface area contributed by atoms with Crippen LogP contribution in [0.15, 0.2) is 0 Å². The fraction of sp³-hybridized carbons (Fsp3) is 1.00. The molecule has 0 saturated heterocycles. The van der Waals surface area contributed by atoms with Crippen LogP contribution in [0.5, 0.6) is 0 Å². The lowest BCUT2D eigenvalue weighted by Gasteiger charge is -2.55. The smallest absolute Gasteiger partial charge is 0.00203 e. The van der Waals surface area contributed by atoms with Gasteiger partial charge in [-0.05, 0) is 55.4 Å². The van der Waals surface area contributed by atoms with Crippen LogP contribution in [0, 0.1) is 16.7 Å². The molecule has 0 aromatic carbocycles. The highest BCUT2D eigenvalue weighted by Gasteiger charge is 2.48. The highest BCUT2D eigenvalue weighted by molar-refractivity contribution is 5.85. The zero-order valence-electron chi connectivity index (χ0n) is 8.81. The van der Waals surface area contributed by atoms with Crippen LogP contribution in [0.4, 0.5) is 0 Å². The molecule has 0 aliphatic heterocycles. The quantitative estimate of drug-likeness (QED) is 0.697. The van der Waals surface area contributed by atoms with Crippen LogP contribution >= 0.6 is 12.4 Å². The number of fused-ring (bicyclic) bond motifs is 3. The van der Waals surface area contributed by atoms with Gasteiger partial charge in [0.1, 0.15) is 0 Å². The second kappa shape index (κ2) is 3.43. The summed E-state index contributed by atoms with van der Waals surface area (Å²) in [7, 11) is 0. The van der Waals surface area contributed by atoms with Gasteiger partial charge in [0.05, 0.1) is 0 Å². The van der Waals surface area contributed by atoms with Crippen molar-refractivity contribution >= 4 is 12.4 Å². The zero-order valence-corrected chi connectivity index (χ0v) is 9.62. The molecule has 0 unspecified atom stereocenters. The Morgan fingerprint density at radius 3 is 2.08 bits per heavy atom.